The van der Waals surface area contributed by atoms with Crippen LogP contribution in [0, 0.1) is 5.92 Å². The molecule has 2 rings (SSSR count). The first-order chi connectivity index (χ1) is 7.74. The van der Waals surface area contributed by atoms with Gasteiger partial charge in [-0.3, -0.25) is 0 Å². The highest BCUT2D eigenvalue weighted by molar-refractivity contribution is 9.10. The summed E-state index contributed by atoms with van der Waals surface area (Å²) in [6.07, 6.45) is 6.92. The van der Waals surface area contributed by atoms with Crippen molar-refractivity contribution in [2.75, 3.05) is 0 Å². The van der Waals surface area contributed by atoms with Gasteiger partial charge in [0, 0.05) is 27.3 Å². The van der Waals surface area contributed by atoms with Gasteiger partial charge in [0.2, 0.25) is 0 Å². The number of hydrogen-bond donors (Lipinski definition) is 1. The van der Waals surface area contributed by atoms with E-state index in [-0.39, 0.29) is 0 Å². The Morgan fingerprint density at radius 3 is 3.00 bits per heavy atom. The van der Waals surface area contributed by atoms with Gasteiger partial charge in [-0.1, -0.05) is 19.8 Å². The highest BCUT2D eigenvalue weighted by Crippen LogP contribution is 2.24. The van der Waals surface area contributed by atoms with Crippen LogP contribution in [0.5, 0.6) is 0 Å². The average molecular weight is 302 g/mol. The van der Waals surface area contributed by atoms with Crippen LogP contribution in [-0.2, 0) is 6.54 Å². The van der Waals surface area contributed by atoms with Gasteiger partial charge in [0.05, 0.1) is 0 Å². The second-order valence-electron chi connectivity index (χ2n) is 4.92. The molecule has 1 nitrogen and oxygen atoms in total. The largest absolute Gasteiger partial charge is 0.309 e. The fraction of sp³-hybridized carbons (Fsp3) is 0.692. The first-order valence-electron chi connectivity index (χ1n) is 6.20. The monoisotopic (exact) mass is 301 g/mol. The molecule has 16 heavy (non-hydrogen) atoms. The molecule has 1 saturated carbocycles. The minimum absolute atomic E-state index is 0.742. The molecular formula is C13H20BrNS. The van der Waals surface area contributed by atoms with E-state index in [2.05, 4.69) is 39.6 Å². The fourth-order valence-corrected chi connectivity index (χ4v) is 3.78. The Morgan fingerprint density at radius 2 is 2.25 bits per heavy atom. The summed E-state index contributed by atoms with van der Waals surface area (Å²) in [6, 6.07) is 2.96. The molecule has 2 atom stereocenters. The van der Waals surface area contributed by atoms with Gasteiger partial charge in [0.25, 0.3) is 0 Å². The molecule has 0 amide bonds. The second-order valence-corrected chi connectivity index (χ2v) is 6.83. The third kappa shape index (κ3) is 3.86. The van der Waals surface area contributed by atoms with Gasteiger partial charge < -0.3 is 5.32 Å². The Morgan fingerprint density at radius 1 is 1.38 bits per heavy atom. The van der Waals surface area contributed by atoms with Gasteiger partial charge in [0.1, 0.15) is 0 Å². The van der Waals surface area contributed by atoms with Crippen LogP contribution in [0.25, 0.3) is 0 Å². The quantitative estimate of drug-likeness (QED) is 0.807. The van der Waals surface area contributed by atoms with Crippen molar-refractivity contribution < 1.29 is 0 Å². The van der Waals surface area contributed by atoms with Crippen molar-refractivity contribution >= 4 is 27.3 Å². The first-order valence-corrected chi connectivity index (χ1v) is 7.87. The van der Waals surface area contributed by atoms with Crippen LogP contribution in [-0.4, -0.2) is 6.04 Å². The SMILES string of the molecule is CC1CCCC(NCc2cc(Br)cs2)CC1. The number of nitrogens with one attached hydrogen (secondary N) is 1. The molecule has 2 unspecified atom stereocenters. The minimum atomic E-state index is 0.742. The van der Waals surface area contributed by atoms with E-state index in [0.717, 1.165) is 18.5 Å². The summed E-state index contributed by atoms with van der Waals surface area (Å²) in [5.74, 6) is 0.933. The maximum Gasteiger partial charge on any atom is 0.0302 e. The van der Waals surface area contributed by atoms with E-state index >= 15 is 0 Å². The van der Waals surface area contributed by atoms with Gasteiger partial charge in [-0.2, -0.15) is 0 Å². The zero-order valence-electron chi connectivity index (χ0n) is 9.84. The molecule has 1 aliphatic rings. The molecule has 1 aromatic rings. The van der Waals surface area contributed by atoms with E-state index in [0.29, 0.717) is 0 Å². The molecular weight excluding hydrogens is 282 g/mol. The standard InChI is InChI=1S/C13H20BrNS/c1-10-3-2-4-12(6-5-10)15-8-13-7-11(14)9-16-13/h7,9-10,12,15H,2-6,8H2,1H3. The number of halogens is 1. The van der Waals surface area contributed by atoms with Gasteiger partial charge in [0.15, 0.2) is 0 Å². The van der Waals surface area contributed by atoms with E-state index in [4.69, 9.17) is 0 Å². The maximum atomic E-state index is 3.70. The van der Waals surface area contributed by atoms with Crippen molar-refractivity contribution in [2.24, 2.45) is 5.92 Å². The molecule has 0 aliphatic heterocycles. The van der Waals surface area contributed by atoms with Crippen molar-refractivity contribution in [3.05, 3.63) is 20.8 Å². The van der Waals surface area contributed by atoms with Crippen molar-refractivity contribution in [3.8, 4) is 0 Å². The lowest BCUT2D eigenvalue weighted by Crippen LogP contribution is -2.27. The molecule has 0 radical (unpaired) electrons. The van der Waals surface area contributed by atoms with Crippen molar-refractivity contribution in [1.82, 2.24) is 5.32 Å². The molecule has 1 N–H and O–H groups in total. The van der Waals surface area contributed by atoms with Crippen LogP contribution in [0.15, 0.2) is 15.9 Å². The fourth-order valence-electron chi connectivity index (χ4n) is 2.38. The van der Waals surface area contributed by atoms with Gasteiger partial charge in [-0.25, -0.2) is 0 Å². The first kappa shape index (κ1) is 12.6. The molecule has 0 saturated heterocycles. The smallest absolute Gasteiger partial charge is 0.0302 e. The molecule has 1 heterocycles. The van der Waals surface area contributed by atoms with Crippen molar-refractivity contribution in [1.29, 1.82) is 0 Å². The predicted molar refractivity (Wildman–Crippen MR) is 74.9 cm³/mol. The Labute approximate surface area is 111 Å². The van der Waals surface area contributed by atoms with E-state index in [1.54, 1.807) is 0 Å². The molecule has 1 fully saturated rings. The van der Waals surface area contributed by atoms with E-state index in [9.17, 15) is 0 Å². The Kier molecular flexibility index (Phi) is 4.86. The van der Waals surface area contributed by atoms with Crippen molar-refractivity contribution in [3.63, 3.8) is 0 Å². The summed E-state index contributed by atoms with van der Waals surface area (Å²) in [5, 5.41) is 5.86. The highest BCUT2D eigenvalue weighted by Gasteiger charge is 2.15. The normalized spacial score (nSPS) is 26.6. The van der Waals surface area contributed by atoms with Gasteiger partial charge in [-0.05, 0) is 47.2 Å². The highest BCUT2D eigenvalue weighted by atomic mass is 79.9. The van der Waals surface area contributed by atoms with Crippen LogP contribution in [0.1, 0.15) is 43.9 Å². The van der Waals surface area contributed by atoms with Gasteiger partial charge in [-0.15, -0.1) is 11.3 Å². The zero-order valence-corrected chi connectivity index (χ0v) is 12.2. The second kappa shape index (κ2) is 6.18. The van der Waals surface area contributed by atoms with Crippen LogP contribution in [0.3, 0.4) is 0 Å². The lowest BCUT2D eigenvalue weighted by molar-refractivity contribution is 0.449. The number of hydrogen-bond acceptors (Lipinski definition) is 2. The summed E-state index contributed by atoms with van der Waals surface area (Å²) in [5.41, 5.74) is 0. The lowest BCUT2D eigenvalue weighted by atomic mass is 10.0. The summed E-state index contributed by atoms with van der Waals surface area (Å²) in [6.45, 7) is 3.42. The Balaban J connectivity index is 1.77. The number of thiophene rings is 1. The van der Waals surface area contributed by atoms with E-state index < -0.39 is 0 Å². The molecule has 0 aromatic carbocycles. The minimum Gasteiger partial charge on any atom is -0.309 e. The van der Waals surface area contributed by atoms with Gasteiger partial charge >= 0.3 is 0 Å². The lowest BCUT2D eigenvalue weighted by Gasteiger charge is -2.15. The van der Waals surface area contributed by atoms with Crippen molar-refractivity contribution in [2.45, 2.75) is 51.6 Å². The Hall–Kier alpha value is 0.140. The summed E-state index contributed by atoms with van der Waals surface area (Å²) >= 11 is 5.34. The average Bonchev–Trinajstić information content (AvgIpc) is 2.56. The Bertz CT molecular complexity index is 323. The number of rotatable bonds is 3. The summed E-state index contributed by atoms with van der Waals surface area (Å²) in [7, 11) is 0. The maximum absolute atomic E-state index is 3.70. The summed E-state index contributed by atoms with van der Waals surface area (Å²) < 4.78 is 1.21. The van der Waals surface area contributed by atoms with E-state index in [1.165, 1.54) is 41.5 Å². The van der Waals surface area contributed by atoms with Crippen LogP contribution in [0.4, 0.5) is 0 Å². The zero-order chi connectivity index (χ0) is 11.4. The summed E-state index contributed by atoms with van der Waals surface area (Å²) in [4.78, 5) is 1.43. The van der Waals surface area contributed by atoms with Crippen LogP contribution >= 0.6 is 27.3 Å². The predicted octanol–water partition coefficient (Wildman–Crippen LogP) is 4.57. The molecule has 90 valence electrons. The van der Waals surface area contributed by atoms with Crippen LogP contribution in [0.2, 0.25) is 0 Å². The molecule has 1 aliphatic carbocycles. The topological polar surface area (TPSA) is 12.0 Å². The van der Waals surface area contributed by atoms with E-state index in [1.807, 2.05) is 11.3 Å². The molecule has 0 spiro atoms. The van der Waals surface area contributed by atoms with Crippen LogP contribution < -0.4 is 5.32 Å². The molecule has 3 heteroatoms. The molecule has 0 bridgehead atoms. The third-order valence-electron chi connectivity index (χ3n) is 3.44. The third-order valence-corrected chi connectivity index (χ3v) is 5.14. The molecule has 1 aromatic heterocycles.